The molecular weight excluding hydrogens is 866 g/mol. The number of pyridine rings is 1. The van der Waals surface area contributed by atoms with Gasteiger partial charge in [0.1, 0.15) is 35.8 Å². The average molecular weight is 924 g/mol. The molecule has 4 atom stereocenters. The Balaban J connectivity index is 1.16. The maximum Gasteiger partial charge on any atom is 0.259 e. The number of rotatable bonds is 21. The molecule has 0 radical (unpaired) electrons. The third-order valence-corrected chi connectivity index (χ3v) is 13.9. The number of hydrogen-bond donors (Lipinski definition) is 1. The minimum atomic E-state index is -1.60. The topological polar surface area (TPSA) is 144 Å². The van der Waals surface area contributed by atoms with E-state index in [2.05, 4.69) is 64.8 Å². The molecule has 1 unspecified atom stereocenters. The fourth-order valence-electron chi connectivity index (χ4n) is 8.52. The van der Waals surface area contributed by atoms with Crippen molar-refractivity contribution in [3.05, 3.63) is 174 Å². The summed E-state index contributed by atoms with van der Waals surface area (Å²) in [5, 5.41) is 2.92. The summed E-state index contributed by atoms with van der Waals surface area (Å²) in [6.07, 6.45) is 5.17. The number of fused-ring (bicyclic) bond motifs is 1. The third-order valence-electron chi connectivity index (χ3n) is 11.7. The van der Waals surface area contributed by atoms with Crippen molar-refractivity contribution in [3.63, 3.8) is 0 Å². The van der Waals surface area contributed by atoms with Crippen LogP contribution >= 0.6 is 8.53 Å². The first-order valence-corrected chi connectivity index (χ1v) is 23.8. The van der Waals surface area contributed by atoms with Gasteiger partial charge in [0.05, 0.1) is 39.9 Å². The van der Waals surface area contributed by atoms with Crippen molar-refractivity contribution in [2.75, 3.05) is 32.8 Å². The largest absolute Gasteiger partial charge is 0.497 e. The fourth-order valence-corrected chi connectivity index (χ4v) is 10.3. The van der Waals surface area contributed by atoms with Crippen LogP contribution in [0.1, 0.15) is 79.5 Å². The monoisotopic (exact) mass is 923 g/mol. The second-order valence-electron chi connectivity index (χ2n) is 16.8. The van der Waals surface area contributed by atoms with Crippen LogP contribution in [0.4, 0.5) is 5.82 Å². The van der Waals surface area contributed by atoms with E-state index in [0.29, 0.717) is 35.6 Å². The first-order chi connectivity index (χ1) is 32.7. The number of nitrogens with one attached hydrogen (secondary N) is 1. The van der Waals surface area contributed by atoms with Gasteiger partial charge in [-0.2, -0.15) is 0 Å². The second kappa shape index (κ2) is 22.1. The number of carbonyl (C=O) groups excluding carboxylic acids is 1. The van der Waals surface area contributed by atoms with Crippen molar-refractivity contribution in [1.82, 2.24) is 29.2 Å². The van der Waals surface area contributed by atoms with Crippen LogP contribution in [0.3, 0.4) is 0 Å². The van der Waals surface area contributed by atoms with Gasteiger partial charge >= 0.3 is 0 Å². The lowest BCUT2D eigenvalue weighted by Gasteiger charge is -2.39. The molecule has 0 aliphatic carbocycles. The molecule has 1 N–H and O–H groups in total. The van der Waals surface area contributed by atoms with Gasteiger partial charge in [-0.3, -0.25) is 14.3 Å². The van der Waals surface area contributed by atoms with Crippen LogP contribution in [-0.4, -0.2) is 86.8 Å². The number of carbonyl (C=O) groups is 1. The molecule has 3 aromatic heterocycles. The molecule has 0 saturated carbocycles. The Morgan fingerprint density at radius 2 is 1.42 bits per heavy atom. The fraction of sp³-hybridized carbons (Fsp3) is 0.327. The molecule has 15 heteroatoms. The molecule has 1 aliphatic rings. The van der Waals surface area contributed by atoms with Gasteiger partial charge in [-0.1, -0.05) is 78.9 Å². The Hall–Kier alpha value is -6.12. The third kappa shape index (κ3) is 10.9. The van der Waals surface area contributed by atoms with E-state index in [1.807, 2.05) is 114 Å². The summed E-state index contributed by atoms with van der Waals surface area (Å²) in [7, 11) is 1.71. The Kier molecular flexibility index (Phi) is 15.6. The molecule has 0 bridgehead atoms. The number of aromatic nitrogens is 5. The summed E-state index contributed by atoms with van der Waals surface area (Å²) < 4.78 is 44.0. The Morgan fingerprint density at radius 1 is 0.791 bits per heavy atom. The van der Waals surface area contributed by atoms with Crippen molar-refractivity contribution >= 4 is 31.4 Å². The number of amides is 1. The van der Waals surface area contributed by atoms with Crippen molar-refractivity contribution in [2.24, 2.45) is 0 Å². The molecule has 14 nitrogen and oxygen atoms in total. The van der Waals surface area contributed by atoms with E-state index in [-0.39, 0.29) is 24.6 Å². The van der Waals surface area contributed by atoms with Gasteiger partial charge in [0.2, 0.25) is 0 Å². The van der Waals surface area contributed by atoms with E-state index in [1.165, 1.54) is 6.33 Å². The first kappa shape index (κ1) is 47.4. The highest BCUT2D eigenvalue weighted by Gasteiger charge is 2.45. The predicted octanol–water partition coefficient (Wildman–Crippen LogP) is 10.2. The highest BCUT2D eigenvalue weighted by Crippen LogP contribution is 2.51. The number of methoxy groups -OCH3 is 2. The van der Waals surface area contributed by atoms with E-state index in [0.717, 1.165) is 46.7 Å². The van der Waals surface area contributed by atoms with Crippen molar-refractivity contribution in [2.45, 2.75) is 83.1 Å². The molecule has 7 aromatic rings. The van der Waals surface area contributed by atoms with Gasteiger partial charge < -0.3 is 33.3 Å². The summed E-state index contributed by atoms with van der Waals surface area (Å²) in [5.74, 6) is 1.44. The maximum atomic E-state index is 13.3. The number of nitrogens with zero attached hydrogens (tertiary/aromatic N) is 6. The number of hydrogen-bond acceptors (Lipinski definition) is 12. The molecule has 1 saturated heterocycles. The maximum absolute atomic E-state index is 13.3. The van der Waals surface area contributed by atoms with Gasteiger partial charge in [-0.25, -0.2) is 19.6 Å². The summed E-state index contributed by atoms with van der Waals surface area (Å²) in [6, 6.07) is 41.3. The van der Waals surface area contributed by atoms with Crippen LogP contribution in [-0.2, 0) is 30.5 Å². The SMILES string of the molecule is COc1ccc(C(OC[C@H]2O[C@@H](n3cnc4c(NC(=O)c5ccccc5)ncnc43)C[C@@H]2OP(OCCCc2ccccn2)N(C(C)C)C(C)C)(c2ccccc2)c2ccc(OC)cc2)cc1. The van der Waals surface area contributed by atoms with Crippen LogP contribution < -0.4 is 14.8 Å². The number of imidazole rings is 1. The van der Waals surface area contributed by atoms with Crippen molar-refractivity contribution in [1.29, 1.82) is 0 Å². The van der Waals surface area contributed by atoms with Crippen LogP contribution in [0.15, 0.2) is 146 Å². The summed E-state index contributed by atoms with van der Waals surface area (Å²) >= 11 is 0. The smallest absolute Gasteiger partial charge is 0.259 e. The highest BCUT2D eigenvalue weighted by atomic mass is 31.2. The predicted molar refractivity (Wildman–Crippen MR) is 259 cm³/mol. The van der Waals surface area contributed by atoms with Crippen LogP contribution in [0.25, 0.3) is 11.2 Å². The zero-order valence-electron chi connectivity index (χ0n) is 38.8. The Morgan fingerprint density at radius 3 is 2.03 bits per heavy atom. The quantitative estimate of drug-likeness (QED) is 0.0416. The molecule has 1 amide bonds. The molecule has 348 valence electrons. The molecule has 4 heterocycles. The Bertz CT molecular complexity index is 2580. The minimum absolute atomic E-state index is 0.111. The molecule has 8 rings (SSSR count). The highest BCUT2D eigenvalue weighted by molar-refractivity contribution is 7.44. The zero-order valence-corrected chi connectivity index (χ0v) is 39.7. The lowest BCUT2D eigenvalue weighted by atomic mass is 9.80. The molecule has 67 heavy (non-hydrogen) atoms. The zero-order chi connectivity index (χ0) is 46.8. The van der Waals surface area contributed by atoms with Gasteiger partial charge in [0.15, 0.2) is 17.0 Å². The molecular formula is C52H58N7O7P. The van der Waals surface area contributed by atoms with Crippen LogP contribution in [0, 0.1) is 0 Å². The first-order valence-electron chi connectivity index (χ1n) is 22.6. The molecule has 1 aliphatic heterocycles. The number of ether oxygens (including phenoxy) is 4. The molecule has 0 spiro atoms. The van der Waals surface area contributed by atoms with Gasteiger partial charge in [0, 0.05) is 36.0 Å². The summed E-state index contributed by atoms with van der Waals surface area (Å²) in [4.78, 5) is 31.6. The summed E-state index contributed by atoms with van der Waals surface area (Å²) in [5.41, 5.74) is 4.03. The van der Waals surface area contributed by atoms with Gasteiger partial charge in [-0.15, -0.1) is 0 Å². The van der Waals surface area contributed by atoms with Crippen LogP contribution in [0.2, 0.25) is 0 Å². The minimum Gasteiger partial charge on any atom is -0.497 e. The standard InChI is InChI=1S/C52H58N7O7P/c1-36(2)59(37(3)4)67(64-31-15-21-42-20-13-14-30-53-42)66-45-32-47(58-35-56-48-49(54-34-55-50(48)58)57-51(60)38-16-9-7-10-17-38)65-46(45)33-63-52(39-18-11-8-12-19-39,40-22-26-43(61-5)27-23-40)41-24-28-44(62-6)29-25-41/h7-14,16-20,22-30,34-37,45-47H,15,21,31-33H2,1-6H3,(H,54,55,57,60)/t45-,46+,47+,67?/m0/s1. The number of benzene rings is 4. The van der Waals surface area contributed by atoms with E-state index < -0.39 is 32.6 Å². The van der Waals surface area contributed by atoms with Gasteiger partial charge in [0.25, 0.3) is 14.4 Å². The number of aryl methyl sites for hydroxylation is 1. The Labute approximate surface area is 393 Å². The van der Waals surface area contributed by atoms with E-state index in [1.54, 1.807) is 32.7 Å². The summed E-state index contributed by atoms with van der Waals surface area (Å²) in [6.45, 7) is 9.23. The average Bonchev–Trinajstić information content (AvgIpc) is 3.98. The molecule has 1 fully saturated rings. The second-order valence-corrected chi connectivity index (χ2v) is 18.2. The van der Waals surface area contributed by atoms with Crippen LogP contribution in [0.5, 0.6) is 11.5 Å². The van der Waals surface area contributed by atoms with Crippen molar-refractivity contribution in [3.8, 4) is 11.5 Å². The lowest BCUT2D eigenvalue weighted by Crippen LogP contribution is -2.39. The normalized spacial score (nSPS) is 16.8. The van der Waals surface area contributed by atoms with E-state index in [4.69, 9.17) is 33.0 Å². The van der Waals surface area contributed by atoms with Gasteiger partial charge in [-0.05, 0) is 106 Å². The number of anilines is 1. The molecule has 4 aromatic carbocycles. The van der Waals surface area contributed by atoms with Crippen molar-refractivity contribution < 1.29 is 32.8 Å². The van der Waals surface area contributed by atoms with E-state index >= 15 is 0 Å². The van der Waals surface area contributed by atoms with E-state index in [9.17, 15) is 4.79 Å². The lowest BCUT2D eigenvalue weighted by molar-refractivity contribution is -0.0912.